The van der Waals surface area contributed by atoms with Gasteiger partial charge in [0.05, 0.1) is 25.0 Å². The van der Waals surface area contributed by atoms with E-state index in [2.05, 4.69) is 4.99 Å². The van der Waals surface area contributed by atoms with Gasteiger partial charge in [-0.05, 0) is 36.4 Å². The molecule has 0 spiro atoms. The van der Waals surface area contributed by atoms with Crippen LogP contribution in [0.25, 0.3) is 0 Å². The van der Waals surface area contributed by atoms with Gasteiger partial charge in [-0.2, -0.15) is 0 Å². The molecule has 1 aliphatic rings. The van der Waals surface area contributed by atoms with Crippen molar-refractivity contribution in [1.82, 2.24) is 4.90 Å². The summed E-state index contributed by atoms with van der Waals surface area (Å²) in [6.07, 6.45) is 4.17. The number of carbonyl (C=O) groups excluding carboxylic acids is 1. The normalized spacial score (nSPS) is 21.2. The van der Waals surface area contributed by atoms with Crippen molar-refractivity contribution < 1.29 is 67.2 Å². The second-order valence-electron chi connectivity index (χ2n) is 5.33. The van der Waals surface area contributed by atoms with Crippen molar-refractivity contribution >= 4 is 12.1 Å². The van der Waals surface area contributed by atoms with E-state index >= 15 is 0 Å². The molecule has 1 aliphatic heterocycles. The first-order valence-corrected chi connectivity index (χ1v) is 7.39. The summed E-state index contributed by atoms with van der Waals surface area (Å²) in [5.41, 5.74) is 0. The first-order valence-electron chi connectivity index (χ1n) is 7.39. The number of hydrogen-bond donors (Lipinski definition) is 1. The quantitative estimate of drug-likeness (QED) is 0.388. The van der Waals surface area contributed by atoms with Crippen LogP contribution in [0.1, 0.15) is 29.5 Å². The number of aliphatic hydroxyl groups excluding tert-OH is 1. The van der Waals surface area contributed by atoms with Crippen molar-refractivity contribution in [1.29, 1.82) is 0 Å². The fourth-order valence-electron chi connectivity index (χ4n) is 2.75. The van der Waals surface area contributed by atoms with Crippen LogP contribution in [0, 0.1) is 44.1 Å². The summed E-state index contributed by atoms with van der Waals surface area (Å²) in [5.74, 6) is 1.09. The van der Waals surface area contributed by atoms with Crippen LogP contribution in [0.15, 0.2) is 73.4 Å². The number of furan rings is 3. The Balaban J connectivity index is 0.00000182. The van der Waals surface area contributed by atoms with Crippen LogP contribution < -0.4 is 0 Å². The molecule has 0 saturated carbocycles. The molecule has 1 saturated heterocycles. The largest absolute Gasteiger partial charge is 0.467 e. The molecular weight excluding hydrogens is 539 g/mol. The van der Waals surface area contributed by atoms with Crippen molar-refractivity contribution in [3.05, 3.63) is 72.5 Å². The van der Waals surface area contributed by atoms with Gasteiger partial charge in [0, 0.05) is 44.1 Å². The Bertz CT molecular complexity index is 827. The number of aliphatic hydroxyl groups is 1. The van der Waals surface area contributed by atoms with Crippen LogP contribution in [-0.2, 0) is 4.79 Å². The predicted molar refractivity (Wildman–Crippen MR) is 82.1 cm³/mol. The molecule has 8 heteroatoms. The van der Waals surface area contributed by atoms with E-state index in [9.17, 15) is 9.90 Å². The number of carbonyl (C=O) groups is 1. The summed E-state index contributed by atoms with van der Waals surface area (Å²) in [5, 5.41) is 10.1. The van der Waals surface area contributed by atoms with Crippen LogP contribution in [0.2, 0.25) is 0 Å². The van der Waals surface area contributed by atoms with Crippen molar-refractivity contribution in [3.63, 3.8) is 0 Å². The van der Waals surface area contributed by atoms with Gasteiger partial charge < -0.3 is 18.4 Å². The third kappa shape index (κ3) is 3.39. The molecule has 1 N–H and O–H groups in total. The summed E-state index contributed by atoms with van der Waals surface area (Å²) in [6, 6.07) is 9.73. The van der Waals surface area contributed by atoms with Crippen molar-refractivity contribution in [2.45, 2.75) is 18.3 Å². The van der Waals surface area contributed by atoms with Crippen LogP contribution in [-0.4, -0.2) is 28.2 Å². The first kappa shape index (κ1) is 18.2. The van der Waals surface area contributed by atoms with E-state index in [1.807, 2.05) is 0 Å². The minimum Gasteiger partial charge on any atom is -0.467 e. The maximum absolute atomic E-state index is 12.3. The van der Waals surface area contributed by atoms with Crippen molar-refractivity contribution in [2.24, 2.45) is 4.99 Å². The van der Waals surface area contributed by atoms with Crippen molar-refractivity contribution in [3.8, 4) is 0 Å². The summed E-state index contributed by atoms with van der Waals surface area (Å²) in [6.45, 7) is 0. The van der Waals surface area contributed by atoms with E-state index < -0.39 is 24.2 Å². The zero-order valence-electron chi connectivity index (χ0n) is 13.1. The molecular formula is C17H14AcN2O5. The number of amides is 1. The molecule has 4 heterocycles. The number of hydrogen-bond acceptors (Lipinski definition) is 6. The Hall–Kier alpha value is -1.62. The van der Waals surface area contributed by atoms with Crippen molar-refractivity contribution in [2.75, 3.05) is 0 Å². The maximum Gasteiger partial charge on any atom is 0.256 e. The molecule has 1 amide bonds. The second-order valence-corrected chi connectivity index (χ2v) is 5.33. The van der Waals surface area contributed by atoms with Gasteiger partial charge in [-0.1, -0.05) is 0 Å². The van der Waals surface area contributed by atoms with Gasteiger partial charge in [0.1, 0.15) is 23.3 Å². The molecule has 25 heavy (non-hydrogen) atoms. The Morgan fingerprint density at radius 1 is 1.08 bits per heavy atom. The predicted octanol–water partition coefficient (Wildman–Crippen LogP) is 2.53. The van der Waals surface area contributed by atoms with Crippen LogP contribution in [0.4, 0.5) is 0 Å². The molecule has 125 valence electrons. The van der Waals surface area contributed by atoms with Gasteiger partial charge in [0.2, 0.25) is 0 Å². The van der Waals surface area contributed by atoms with Gasteiger partial charge >= 0.3 is 0 Å². The zero-order valence-corrected chi connectivity index (χ0v) is 17.8. The second kappa shape index (κ2) is 7.73. The number of rotatable bonds is 5. The van der Waals surface area contributed by atoms with Gasteiger partial charge in [-0.15, -0.1) is 0 Å². The fraction of sp³-hybridized carbons (Fsp3) is 0.176. The smallest absolute Gasteiger partial charge is 0.256 e. The molecule has 0 bridgehead atoms. The number of likely N-dealkylation sites (tertiary alicyclic amines) is 1. The van der Waals surface area contributed by atoms with E-state index in [0.717, 1.165) is 0 Å². The molecule has 3 aromatic heterocycles. The van der Waals surface area contributed by atoms with Gasteiger partial charge in [-0.25, -0.2) is 0 Å². The number of aliphatic imine (C=N–C) groups is 1. The molecule has 7 nitrogen and oxygen atoms in total. The van der Waals surface area contributed by atoms with Crippen LogP contribution >= 0.6 is 0 Å². The Morgan fingerprint density at radius 2 is 1.80 bits per heavy atom. The van der Waals surface area contributed by atoms with E-state index in [1.165, 1.54) is 29.9 Å². The standard InChI is InChI=1S/C17H14N2O5.Ac/c20-15-14(12-5-2-8-23-12)19(17(15)21)16(13-6-3-9-24-13)18-10-11-4-1-7-22-11;/h1-10,14-16,20H;/b18-10+;/t14-,15+,16?;/m0./s1. The number of β-lactam (4-membered cyclic amide) rings is 1. The van der Waals surface area contributed by atoms with Gasteiger partial charge in [0.25, 0.3) is 5.91 Å². The first-order chi connectivity index (χ1) is 11.8. The van der Waals surface area contributed by atoms with E-state index in [0.29, 0.717) is 17.3 Å². The summed E-state index contributed by atoms with van der Waals surface area (Å²) in [7, 11) is 0. The molecule has 0 aromatic carbocycles. The third-order valence-corrected chi connectivity index (χ3v) is 3.89. The van der Waals surface area contributed by atoms with E-state index in [-0.39, 0.29) is 44.1 Å². The molecule has 4 rings (SSSR count). The van der Waals surface area contributed by atoms with Gasteiger partial charge in [-0.3, -0.25) is 14.7 Å². The number of nitrogens with zero attached hydrogens (tertiary/aromatic N) is 2. The Kier molecular flexibility index (Phi) is 5.62. The molecule has 1 radical (unpaired) electrons. The maximum atomic E-state index is 12.3. The molecule has 1 unspecified atom stereocenters. The molecule has 1 fully saturated rings. The molecule has 0 aliphatic carbocycles. The summed E-state index contributed by atoms with van der Waals surface area (Å²) >= 11 is 0. The topological polar surface area (TPSA) is 92.3 Å². The van der Waals surface area contributed by atoms with Crippen LogP contribution in [0.5, 0.6) is 0 Å². The minimum atomic E-state index is -1.16. The summed E-state index contributed by atoms with van der Waals surface area (Å²) in [4.78, 5) is 18.1. The van der Waals surface area contributed by atoms with Crippen LogP contribution in [0.3, 0.4) is 0 Å². The SMILES string of the molecule is O=C1[C@H](O)[C@H](c2ccco2)N1C(/N=C/c1ccco1)c1ccco1.[Ac]. The average molecular weight is 553 g/mol. The Morgan fingerprint density at radius 3 is 2.44 bits per heavy atom. The zero-order chi connectivity index (χ0) is 16.5. The third-order valence-electron chi connectivity index (χ3n) is 3.89. The molecule has 3 atom stereocenters. The monoisotopic (exact) mass is 553 g/mol. The average Bonchev–Trinajstić information content (AvgIpc) is 3.35. The van der Waals surface area contributed by atoms with E-state index in [1.54, 1.807) is 36.4 Å². The fourth-order valence-corrected chi connectivity index (χ4v) is 2.75. The van der Waals surface area contributed by atoms with E-state index in [4.69, 9.17) is 13.3 Å². The van der Waals surface area contributed by atoms with Gasteiger partial charge in [0.15, 0.2) is 12.3 Å². The Labute approximate surface area is 178 Å². The molecule has 3 aromatic rings. The summed E-state index contributed by atoms with van der Waals surface area (Å²) < 4.78 is 16.0. The minimum absolute atomic E-state index is 0.